The summed E-state index contributed by atoms with van der Waals surface area (Å²) in [4.78, 5) is 2.54. The van der Waals surface area contributed by atoms with E-state index in [0.29, 0.717) is 6.04 Å². The molecule has 20 heavy (non-hydrogen) atoms. The van der Waals surface area contributed by atoms with Gasteiger partial charge in [0, 0.05) is 29.1 Å². The molecule has 1 unspecified atom stereocenters. The molecule has 112 valence electrons. The summed E-state index contributed by atoms with van der Waals surface area (Å²) in [6.45, 7) is 8.34. The number of ether oxygens (including phenoxy) is 1. The highest BCUT2D eigenvalue weighted by Crippen LogP contribution is 2.23. The normalized spacial score (nSPS) is 20.8. The molecular weight excluding hydrogens is 316 g/mol. The van der Waals surface area contributed by atoms with E-state index in [9.17, 15) is 0 Å². The number of hydrogen-bond acceptors (Lipinski definition) is 3. The van der Waals surface area contributed by atoms with E-state index in [1.54, 1.807) is 0 Å². The molecule has 0 saturated carbocycles. The molecule has 1 aliphatic heterocycles. The van der Waals surface area contributed by atoms with Gasteiger partial charge in [0.25, 0.3) is 0 Å². The molecule has 1 fully saturated rings. The summed E-state index contributed by atoms with van der Waals surface area (Å²) in [6.07, 6.45) is 1.11. The Morgan fingerprint density at radius 2 is 2.05 bits per heavy atom. The lowest BCUT2D eigenvalue weighted by Crippen LogP contribution is -2.53. The fourth-order valence-corrected chi connectivity index (χ4v) is 3.03. The molecule has 2 rings (SSSR count). The standard InChI is InChI=1S/C16H25BrN2O/c1-16(2)12-20-11-10-19(16)9-8-15(18-3)13-4-6-14(17)7-5-13/h4-7,15,18H,8-12H2,1-3H3. The molecule has 1 N–H and O–H groups in total. The van der Waals surface area contributed by atoms with Crippen LogP contribution in [0.15, 0.2) is 28.7 Å². The van der Waals surface area contributed by atoms with E-state index in [1.165, 1.54) is 5.56 Å². The zero-order chi connectivity index (χ0) is 14.6. The minimum Gasteiger partial charge on any atom is -0.378 e. The Hall–Kier alpha value is -0.420. The minimum absolute atomic E-state index is 0.149. The van der Waals surface area contributed by atoms with Gasteiger partial charge in [0.2, 0.25) is 0 Å². The summed E-state index contributed by atoms with van der Waals surface area (Å²) < 4.78 is 6.71. The van der Waals surface area contributed by atoms with E-state index >= 15 is 0 Å². The van der Waals surface area contributed by atoms with E-state index in [4.69, 9.17) is 4.74 Å². The van der Waals surface area contributed by atoms with Crippen LogP contribution >= 0.6 is 15.9 Å². The first kappa shape index (κ1) is 16.0. The van der Waals surface area contributed by atoms with Gasteiger partial charge in [0.1, 0.15) is 0 Å². The number of nitrogens with one attached hydrogen (secondary N) is 1. The number of morpholine rings is 1. The summed E-state index contributed by atoms with van der Waals surface area (Å²) >= 11 is 3.49. The van der Waals surface area contributed by atoms with Crippen molar-refractivity contribution in [3.8, 4) is 0 Å². The van der Waals surface area contributed by atoms with Crippen LogP contribution in [0.25, 0.3) is 0 Å². The van der Waals surface area contributed by atoms with Gasteiger partial charge in [0.15, 0.2) is 0 Å². The first-order chi connectivity index (χ1) is 9.53. The number of hydrogen-bond donors (Lipinski definition) is 1. The van der Waals surface area contributed by atoms with Crippen LogP contribution < -0.4 is 5.32 Å². The van der Waals surface area contributed by atoms with Crippen molar-refractivity contribution in [3.05, 3.63) is 34.3 Å². The van der Waals surface area contributed by atoms with Crippen LogP contribution in [0, 0.1) is 0 Å². The number of halogens is 1. The zero-order valence-electron chi connectivity index (χ0n) is 12.7. The average Bonchev–Trinajstić information content (AvgIpc) is 2.42. The summed E-state index contributed by atoms with van der Waals surface area (Å²) in [5.74, 6) is 0. The topological polar surface area (TPSA) is 24.5 Å². The Morgan fingerprint density at radius 3 is 2.65 bits per heavy atom. The molecule has 1 aromatic rings. The third kappa shape index (κ3) is 4.04. The monoisotopic (exact) mass is 340 g/mol. The second kappa shape index (κ2) is 7.03. The first-order valence-electron chi connectivity index (χ1n) is 7.28. The predicted octanol–water partition coefficient (Wildman–Crippen LogP) is 3.21. The van der Waals surface area contributed by atoms with E-state index in [1.807, 2.05) is 7.05 Å². The number of benzene rings is 1. The highest BCUT2D eigenvalue weighted by Gasteiger charge is 2.30. The van der Waals surface area contributed by atoms with Crippen LogP contribution in [-0.2, 0) is 4.74 Å². The van der Waals surface area contributed by atoms with Crippen LogP contribution in [0.1, 0.15) is 31.9 Å². The summed E-state index contributed by atoms with van der Waals surface area (Å²) in [6, 6.07) is 9.00. The summed E-state index contributed by atoms with van der Waals surface area (Å²) in [5.41, 5.74) is 1.50. The van der Waals surface area contributed by atoms with Crippen molar-refractivity contribution in [2.24, 2.45) is 0 Å². The first-order valence-corrected chi connectivity index (χ1v) is 8.08. The Labute approximate surface area is 130 Å². The second-order valence-electron chi connectivity index (χ2n) is 6.03. The van der Waals surface area contributed by atoms with Gasteiger partial charge >= 0.3 is 0 Å². The fraction of sp³-hybridized carbons (Fsp3) is 0.625. The van der Waals surface area contributed by atoms with Crippen molar-refractivity contribution < 1.29 is 4.74 Å². The van der Waals surface area contributed by atoms with Crippen LogP contribution in [-0.4, -0.2) is 43.8 Å². The largest absolute Gasteiger partial charge is 0.378 e. The van der Waals surface area contributed by atoms with Gasteiger partial charge in [-0.05, 0) is 45.0 Å². The maximum Gasteiger partial charge on any atom is 0.0645 e. The molecule has 1 aliphatic rings. The van der Waals surface area contributed by atoms with E-state index in [-0.39, 0.29) is 5.54 Å². The number of rotatable bonds is 5. The van der Waals surface area contributed by atoms with E-state index in [0.717, 1.165) is 37.2 Å². The van der Waals surface area contributed by atoms with Crippen LogP contribution in [0.3, 0.4) is 0 Å². The molecule has 0 spiro atoms. The molecule has 1 saturated heterocycles. The molecule has 0 bridgehead atoms. The Kier molecular flexibility index (Phi) is 5.61. The van der Waals surface area contributed by atoms with Gasteiger partial charge in [-0.3, -0.25) is 4.90 Å². The highest BCUT2D eigenvalue weighted by molar-refractivity contribution is 9.10. The molecule has 1 atom stereocenters. The Bertz CT molecular complexity index is 419. The lowest BCUT2D eigenvalue weighted by molar-refractivity contribution is -0.0520. The molecule has 0 amide bonds. The van der Waals surface area contributed by atoms with Crippen molar-refractivity contribution in [3.63, 3.8) is 0 Å². The third-order valence-electron chi connectivity index (χ3n) is 4.13. The van der Waals surface area contributed by atoms with Gasteiger partial charge in [-0.15, -0.1) is 0 Å². The van der Waals surface area contributed by atoms with Crippen LogP contribution in [0.4, 0.5) is 0 Å². The Morgan fingerprint density at radius 1 is 1.35 bits per heavy atom. The maximum absolute atomic E-state index is 5.58. The number of nitrogens with zero attached hydrogens (tertiary/aromatic N) is 1. The lowest BCUT2D eigenvalue weighted by Gasteiger charge is -2.42. The van der Waals surface area contributed by atoms with Crippen LogP contribution in [0.2, 0.25) is 0 Å². The highest BCUT2D eigenvalue weighted by atomic mass is 79.9. The predicted molar refractivity (Wildman–Crippen MR) is 87.0 cm³/mol. The quantitative estimate of drug-likeness (QED) is 0.890. The molecule has 1 aromatic carbocycles. The third-order valence-corrected chi connectivity index (χ3v) is 4.65. The fourth-order valence-electron chi connectivity index (χ4n) is 2.76. The molecule has 4 heteroatoms. The second-order valence-corrected chi connectivity index (χ2v) is 6.95. The molecule has 1 heterocycles. The van der Waals surface area contributed by atoms with E-state index < -0.39 is 0 Å². The van der Waals surface area contributed by atoms with Gasteiger partial charge in [-0.1, -0.05) is 28.1 Å². The van der Waals surface area contributed by atoms with Gasteiger partial charge < -0.3 is 10.1 Å². The van der Waals surface area contributed by atoms with E-state index in [2.05, 4.69) is 64.3 Å². The smallest absolute Gasteiger partial charge is 0.0645 e. The molecule has 0 aromatic heterocycles. The lowest BCUT2D eigenvalue weighted by atomic mass is 9.99. The Balaban J connectivity index is 1.95. The maximum atomic E-state index is 5.58. The molecule has 0 radical (unpaired) electrons. The van der Waals surface area contributed by atoms with Crippen molar-refractivity contribution in [1.82, 2.24) is 10.2 Å². The minimum atomic E-state index is 0.149. The van der Waals surface area contributed by atoms with Gasteiger partial charge in [-0.25, -0.2) is 0 Å². The SMILES string of the molecule is CNC(CCN1CCOCC1(C)C)c1ccc(Br)cc1. The van der Waals surface area contributed by atoms with Gasteiger partial charge in [0.05, 0.1) is 13.2 Å². The summed E-state index contributed by atoms with van der Waals surface area (Å²) in [5, 5.41) is 3.43. The molecule has 0 aliphatic carbocycles. The molecule has 3 nitrogen and oxygen atoms in total. The molecular formula is C16H25BrN2O. The summed E-state index contributed by atoms with van der Waals surface area (Å²) in [7, 11) is 2.04. The van der Waals surface area contributed by atoms with Crippen molar-refractivity contribution in [1.29, 1.82) is 0 Å². The van der Waals surface area contributed by atoms with Crippen molar-refractivity contribution in [2.45, 2.75) is 31.8 Å². The van der Waals surface area contributed by atoms with Crippen molar-refractivity contribution in [2.75, 3.05) is 33.4 Å². The zero-order valence-corrected chi connectivity index (χ0v) is 14.2. The van der Waals surface area contributed by atoms with Crippen molar-refractivity contribution >= 4 is 15.9 Å². The van der Waals surface area contributed by atoms with Crippen LogP contribution in [0.5, 0.6) is 0 Å². The van der Waals surface area contributed by atoms with Gasteiger partial charge in [-0.2, -0.15) is 0 Å². The average molecular weight is 341 g/mol.